The molecular formula is C13H21ClN2O2S. The molecule has 0 atom stereocenters. The first-order valence-electron chi connectivity index (χ1n) is 6.25. The molecule has 0 saturated carbocycles. The third-order valence-corrected chi connectivity index (χ3v) is 4.44. The molecular weight excluding hydrogens is 284 g/mol. The van der Waals surface area contributed by atoms with Crippen LogP contribution in [0, 0.1) is 5.41 Å². The van der Waals surface area contributed by atoms with Crippen molar-refractivity contribution in [2.24, 2.45) is 5.41 Å². The Kier molecular flexibility index (Phi) is 6.10. The summed E-state index contributed by atoms with van der Waals surface area (Å²) in [6.07, 6.45) is 2.21. The summed E-state index contributed by atoms with van der Waals surface area (Å²) in [5.74, 6) is 0.634. The van der Waals surface area contributed by atoms with Crippen LogP contribution in [0.5, 0.6) is 5.75 Å². The second-order valence-corrected chi connectivity index (χ2v) is 5.98. The molecule has 2 heterocycles. The van der Waals surface area contributed by atoms with Gasteiger partial charge < -0.3 is 15.4 Å². The van der Waals surface area contributed by atoms with E-state index in [0.717, 1.165) is 32.5 Å². The van der Waals surface area contributed by atoms with Gasteiger partial charge in [-0.2, -0.15) is 0 Å². The zero-order valence-corrected chi connectivity index (χ0v) is 13.0. The number of thiophene rings is 1. The first-order valence-corrected chi connectivity index (χ1v) is 7.13. The van der Waals surface area contributed by atoms with E-state index in [2.05, 4.69) is 17.6 Å². The van der Waals surface area contributed by atoms with Crippen molar-refractivity contribution in [2.75, 3.05) is 26.7 Å². The number of carbonyl (C=O) groups is 1. The third-order valence-electron chi connectivity index (χ3n) is 3.54. The van der Waals surface area contributed by atoms with E-state index in [9.17, 15) is 4.79 Å². The van der Waals surface area contributed by atoms with E-state index in [-0.39, 0.29) is 23.7 Å². The second-order valence-electron chi connectivity index (χ2n) is 5.06. The maximum atomic E-state index is 12.1. The Balaban J connectivity index is 0.00000180. The number of methoxy groups -OCH3 is 1. The lowest BCUT2D eigenvalue weighted by Crippen LogP contribution is -2.42. The van der Waals surface area contributed by atoms with Gasteiger partial charge in [0.2, 0.25) is 0 Å². The third kappa shape index (κ3) is 4.09. The molecule has 1 fully saturated rings. The SMILES string of the molecule is COc1ccsc1C(=O)NCC1(C)CCNCC1.Cl. The Labute approximate surface area is 124 Å². The minimum Gasteiger partial charge on any atom is -0.495 e. The van der Waals surface area contributed by atoms with Crippen molar-refractivity contribution in [1.82, 2.24) is 10.6 Å². The van der Waals surface area contributed by atoms with E-state index in [1.54, 1.807) is 7.11 Å². The summed E-state index contributed by atoms with van der Waals surface area (Å²) >= 11 is 1.42. The lowest BCUT2D eigenvalue weighted by atomic mass is 9.81. The normalized spacial score (nSPS) is 17.4. The molecule has 19 heavy (non-hydrogen) atoms. The monoisotopic (exact) mass is 304 g/mol. The summed E-state index contributed by atoms with van der Waals surface area (Å²) in [5.41, 5.74) is 0.214. The van der Waals surface area contributed by atoms with E-state index in [0.29, 0.717) is 10.6 Å². The van der Waals surface area contributed by atoms with Gasteiger partial charge in [-0.05, 0) is 42.8 Å². The van der Waals surface area contributed by atoms with Crippen LogP contribution < -0.4 is 15.4 Å². The Hall–Kier alpha value is -0.780. The summed E-state index contributed by atoms with van der Waals surface area (Å²) in [6, 6.07) is 1.83. The lowest BCUT2D eigenvalue weighted by Gasteiger charge is -2.34. The van der Waals surface area contributed by atoms with E-state index < -0.39 is 0 Å². The van der Waals surface area contributed by atoms with Gasteiger partial charge in [0, 0.05) is 6.54 Å². The van der Waals surface area contributed by atoms with Crippen molar-refractivity contribution < 1.29 is 9.53 Å². The van der Waals surface area contributed by atoms with Gasteiger partial charge in [0.1, 0.15) is 10.6 Å². The second kappa shape index (κ2) is 7.12. The molecule has 1 aromatic rings. The van der Waals surface area contributed by atoms with Crippen LogP contribution in [0.1, 0.15) is 29.4 Å². The van der Waals surface area contributed by atoms with Crippen LogP contribution in [0.15, 0.2) is 11.4 Å². The van der Waals surface area contributed by atoms with Gasteiger partial charge in [0.25, 0.3) is 5.91 Å². The smallest absolute Gasteiger partial charge is 0.265 e. The van der Waals surface area contributed by atoms with Gasteiger partial charge in [0.05, 0.1) is 7.11 Å². The summed E-state index contributed by atoms with van der Waals surface area (Å²) in [6.45, 7) is 5.04. The minimum atomic E-state index is -0.0263. The van der Waals surface area contributed by atoms with Gasteiger partial charge in [-0.25, -0.2) is 0 Å². The van der Waals surface area contributed by atoms with E-state index in [1.807, 2.05) is 11.4 Å². The fourth-order valence-electron chi connectivity index (χ4n) is 2.20. The largest absolute Gasteiger partial charge is 0.495 e. The highest BCUT2D eigenvalue weighted by atomic mass is 35.5. The molecule has 1 saturated heterocycles. The molecule has 1 aliphatic heterocycles. The van der Waals surface area contributed by atoms with Crippen molar-refractivity contribution in [2.45, 2.75) is 19.8 Å². The molecule has 1 amide bonds. The highest BCUT2D eigenvalue weighted by Gasteiger charge is 2.27. The van der Waals surface area contributed by atoms with Crippen molar-refractivity contribution in [3.63, 3.8) is 0 Å². The molecule has 1 aromatic heterocycles. The molecule has 2 rings (SSSR count). The van der Waals surface area contributed by atoms with Crippen LogP contribution >= 0.6 is 23.7 Å². The number of amides is 1. The van der Waals surface area contributed by atoms with Gasteiger partial charge in [-0.1, -0.05) is 6.92 Å². The maximum absolute atomic E-state index is 12.1. The quantitative estimate of drug-likeness (QED) is 0.897. The number of piperidine rings is 1. The summed E-state index contributed by atoms with van der Waals surface area (Å²) in [7, 11) is 1.59. The van der Waals surface area contributed by atoms with Crippen LogP contribution in [0.4, 0.5) is 0 Å². The van der Waals surface area contributed by atoms with E-state index in [4.69, 9.17) is 4.74 Å². The number of halogens is 1. The predicted molar refractivity (Wildman–Crippen MR) is 80.7 cm³/mol. The van der Waals surface area contributed by atoms with Crippen LogP contribution in [0.25, 0.3) is 0 Å². The van der Waals surface area contributed by atoms with Gasteiger partial charge in [0.15, 0.2) is 0 Å². The van der Waals surface area contributed by atoms with Crippen LogP contribution in [-0.4, -0.2) is 32.7 Å². The molecule has 108 valence electrons. The first-order chi connectivity index (χ1) is 8.64. The molecule has 4 nitrogen and oxygen atoms in total. The fourth-order valence-corrected chi connectivity index (χ4v) is 2.98. The highest BCUT2D eigenvalue weighted by Crippen LogP contribution is 2.28. The van der Waals surface area contributed by atoms with E-state index >= 15 is 0 Å². The number of hydrogen-bond acceptors (Lipinski definition) is 4. The number of rotatable bonds is 4. The summed E-state index contributed by atoms with van der Waals surface area (Å²) in [5, 5.41) is 8.25. The Morgan fingerprint density at radius 3 is 2.84 bits per heavy atom. The molecule has 0 aromatic carbocycles. The molecule has 2 N–H and O–H groups in total. The lowest BCUT2D eigenvalue weighted by molar-refractivity contribution is 0.0923. The molecule has 1 aliphatic rings. The molecule has 0 unspecified atom stereocenters. The average molecular weight is 305 g/mol. The fraction of sp³-hybridized carbons (Fsp3) is 0.615. The van der Waals surface area contributed by atoms with Gasteiger partial charge in [-0.15, -0.1) is 23.7 Å². The number of ether oxygens (including phenoxy) is 1. The van der Waals surface area contributed by atoms with Crippen molar-refractivity contribution in [3.05, 3.63) is 16.3 Å². The summed E-state index contributed by atoms with van der Waals surface area (Å²) < 4.78 is 5.16. The Morgan fingerprint density at radius 1 is 1.53 bits per heavy atom. The van der Waals surface area contributed by atoms with Crippen LogP contribution in [0.3, 0.4) is 0 Å². The standard InChI is InChI=1S/C13H20N2O2S.ClH/c1-13(4-6-14-7-5-13)9-15-12(16)11-10(17-2)3-8-18-11;/h3,8,14H,4-7,9H2,1-2H3,(H,15,16);1H. The highest BCUT2D eigenvalue weighted by molar-refractivity contribution is 7.12. The Bertz CT molecular complexity index is 417. The molecule has 6 heteroatoms. The van der Waals surface area contributed by atoms with Crippen LogP contribution in [0.2, 0.25) is 0 Å². The van der Waals surface area contributed by atoms with Crippen molar-refractivity contribution in [3.8, 4) is 5.75 Å². The molecule has 0 bridgehead atoms. The van der Waals surface area contributed by atoms with Gasteiger partial charge in [-0.3, -0.25) is 4.79 Å². The Morgan fingerprint density at radius 2 is 2.21 bits per heavy atom. The summed E-state index contributed by atoms with van der Waals surface area (Å²) in [4.78, 5) is 12.7. The van der Waals surface area contributed by atoms with E-state index in [1.165, 1.54) is 11.3 Å². The zero-order valence-electron chi connectivity index (χ0n) is 11.3. The van der Waals surface area contributed by atoms with Gasteiger partial charge >= 0.3 is 0 Å². The topological polar surface area (TPSA) is 50.4 Å². The molecule has 0 spiro atoms. The zero-order chi connectivity index (χ0) is 13.0. The van der Waals surface area contributed by atoms with Crippen molar-refractivity contribution >= 4 is 29.7 Å². The number of nitrogens with one attached hydrogen (secondary N) is 2. The average Bonchev–Trinajstić information content (AvgIpc) is 2.85. The predicted octanol–water partition coefficient (Wildman–Crippen LogP) is 2.30. The van der Waals surface area contributed by atoms with Crippen LogP contribution in [-0.2, 0) is 0 Å². The molecule has 0 aliphatic carbocycles. The van der Waals surface area contributed by atoms with Crippen molar-refractivity contribution in [1.29, 1.82) is 0 Å². The number of carbonyl (C=O) groups excluding carboxylic acids is 1. The first kappa shape index (κ1) is 16.3. The maximum Gasteiger partial charge on any atom is 0.265 e. The number of hydrogen-bond donors (Lipinski definition) is 2. The molecule has 0 radical (unpaired) electrons. The minimum absolute atomic E-state index is 0.